The molecule has 2 rings (SSSR count). The molecule has 0 spiro atoms. The number of nitrogens with zero attached hydrogens (tertiary/aromatic N) is 2. The summed E-state index contributed by atoms with van der Waals surface area (Å²) in [7, 11) is 1.58. The van der Waals surface area contributed by atoms with Gasteiger partial charge in [-0.1, -0.05) is 6.07 Å². The van der Waals surface area contributed by atoms with Gasteiger partial charge in [0.1, 0.15) is 5.69 Å². The number of rotatable bonds is 5. The zero-order chi connectivity index (χ0) is 12.8. The van der Waals surface area contributed by atoms with Crippen molar-refractivity contribution in [2.24, 2.45) is 0 Å². The maximum absolute atomic E-state index is 11.9. The number of H-pyrrole nitrogens is 1. The molecule has 1 amide bonds. The van der Waals surface area contributed by atoms with E-state index in [0.717, 1.165) is 5.69 Å². The first-order valence-corrected chi connectivity index (χ1v) is 5.50. The van der Waals surface area contributed by atoms with E-state index in [1.165, 1.54) is 12.5 Å². The Hall–Kier alpha value is -2.21. The lowest BCUT2D eigenvalue weighted by Crippen LogP contribution is -2.32. The van der Waals surface area contributed by atoms with E-state index in [0.29, 0.717) is 12.3 Å². The molecule has 0 aliphatic heterocycles. The van der Waals surface area contributed by atoms with Crippen molar-refractivity contribution in [1.82, 2.24) is 20.3 Å². The number of nitrogens with one attached hydrogen (secondary N) is 2. The van der Waals surface area contributed by atoms with Gasteiger partial charge in [0.05, 0.1) is 30.9 Å². The van der Waals surface area contributed by atoms with E-state index in [-0.39, 0.29) is 11.9 Å². The highest BCUT2D eigenvalue weighted by Gasteiger charge is 2.17. The number of hydrogen-bond donors (Lipinski definition) is 2. The Balaban J connectivity index is 2.10. The maximum atomic E-state index is 11.9. The van der Waals surface area contributed by atoms with Gasteiger partial charge in [-0.05, 0) is 12.1 Å². The SMILES string of the molecule is COC[C@@H](NC(=O)c1cnc[nH]1)c1ccccn1. The third-order valence-electron chi connectivity index (χ3n) is 2.43. The van der Waals surface area contributed by atoms with Crippen molar-refractivity contribution < 1.29 is 9.53 Å². The molecule has 0 radical (unpaired) electrons. The topological polar surface area (TPSA) is 79.9 Å². The molecule has 94 valence electrons. The minimum Gasteiger partial charge on any atom is -0.382 e. The zero-order valence-electron chi connectivity index (χ0n) is 9.96. The smallest absolute Gasteiger partial charge is 0.269 e. The van der Waals surface area contributed by atoms with E-state index in [1.54, 1.807) is 13.3 Å². The summed E-state index contributed by atoms with van der Waals surface area (Å²) in [5.41, 5.74) is 1.17. The largest absolute Gasteiger partial charge is 0.382 e. The second kappa shape index (κ2) is 5.92. The molecule has 0 aliphatic rings. The molecule has 0 aliphatic carbocycles. The number of pyridine rings is 1. The predicted molar refractivity (Wildman–Crippen MR) is 64.9 cm³/mol. The van der Waals surface area contributed by atoms with Gasteiger partial charge in [-0.15, -0.1) is 0 Å². The van der Waals surface area contributed by atoms with Crippen LogP contribution in [0.1, 0.15) is 22.2 Å². The van der Waals surface area contributed by atoms with Crippen molar-refractivity contribution in [3.05, 3.63) is 48.3 Å². The highest BCUT2D eigenvalue weighted by Crippen LogP contribution is 2.10. The lowest BCUT2D eigenvalue weighted by Gasteiger charge is -2.16. The molecule has 2 aromatic heterocycles. The molecule has 18 heavy (non-hydrogen) atoms. The molecule has 0 saturated carbocycles. The lowest BCUT2D eigenvalue weighted by molar-refractivity contribution is 0.0890. The fourth-order valence-electron chi connectivity index (χ4n) is 1.57. The van der Waals surface area contributed by atoms with Crippen LogP contribution in [0.2, 0.25) is 0 Å². The van der Waals surface area contributed by atoms with E-state index in [1.807, 2.05) is 18.2 Å². The van der Waals surface area contributed by atoms with Crippen LogP contribution in [-0.2, 0) is 4.74 Å². The summed E-state index contributed by atoms with van der Waals surface area (Å²) in [6.07, 6.45) is 4.61. The van der Waals surface area contributed by atoms with Crippen LogP contribution in [0.4, 0.5) is 0 Å². The Bertz CT molecular complexity index is 484. The van der Waals surface area contributed by atoms with E-state index in [4.69, 9.17) is 4.74 Å². The van der Waals surface area contributed by atoms with Crippen LogP contribution in [-0.4, -0.2) is 34.6 Å². The Morgan fingerprint density at radius 2 is 2.44 bits per heavy atom. The normalized spacial score (nSPS) is 12.1. The molecule has 6 heteroatoms. The number of aromatic nitrogens is 3. The van der Waals surface area contributed by atoms with E-state index in [2.05, 4.69) is 20.3 Å². The lowest BCUT2D eigenvalue weighted by atomic mass is 10.2. The van der Waals surface area contributed by atoms with Gasteiger partial charge in [0.25, 0.3) is 5.91 Å². The van der Waals surface area contributed by atoms with Crippen LogP contribution in [0.15, 0.2) is 36.9 Å². The minimum absolute atomic E-state index is 0.236. The van der Waals surface area contributed by atoms with E-state index < -0.39 is 0 Å². The summed E-state index contributed by atoms with van der Waals surface area (Å²) in [5.74, 6) is -0.236. The molecular weight excluding hydrogens is 232 g/mol. The van der Waals surface area contributed by atoms with Crippen LogP contribution < -0.4 is 5.32 Å². The standard InChI is InChI=1S/C12H14N4O2/c1-18-7-11(9-4-2-3-5-14-9)16-12(17)10-6-13-8-15-10/h2-6,8,11H,7H2,1H3,(H,13,15)(H,16,17)/t11-/m1/s1. The van der Waals surface area contributed by atoms with Gasteiger partial charge >= 0.3 is 0 Å². The number of carbonyl (C=O) groups excluding carboxylic acids is 1. The van der Waals surface area contributed by atoms with Crippen molar-refractivity contribution in [2.75, 3.05) is 13.7 Å². The number of methoxy groups -OCH3 is 1. The van der Waals surface area contributed by atoms with Crippen molar-refractivity contribution >= 4 is 5.91 Å². The molecule has 2 N–H and O–H groups in total. The summed E-state index contributed by atoms with van der Waals surface area (Å²) in [6.45, 7) is 0.358. The summed E-state index contributed by atoms with van der Waals surface area (Å²) in [4.78, 5) is 22.7. The number of imidazole rings is 1. The molecule has 2 heterocycles. The first kappa shape index (κ1) is 12.3. The summed E-state index contributed by atoms with van der Waals surface area (Å²) < 4.78 is 5.10. The molecule has 1 atom stereocenters. The Morgan fingerprint density at radius 3 is 3.06 bits per heavy atom. The van der Waals surface area contributed by atoms with Gasteiger partial charge in [-0.2, -0.15) is 0 Å². The summed E-state index contributed by atoms with van der Waals surface area (Å²) in [6, 6.07) is 5.25. The molecular formula is C12H14N4O2. The van der Waals surface area contributed by atoms with Gasteiger partial charge < -0.3 is 15.0 Å². The Labute approximate surface area is 104 Å². The molecule has 0 bridgehead atoms. The fraction of sp³-hybridized carbons (Fsp3) is 0.250. The highest BCUT2D eigenvalue weighted by atomic mass is 16.5. The molecule has 2 aromatic rings. The number of aromatic amines is 1. The first-order chi connectivity index (χ1) is 8.81. The minimum atomic E-state index is -0.285. The zero-order valence-corrected chi connectivity index (χ0v) is 9.96. The molecule has 0 unspecified atom stereocenters. The van der Waals surface area contributed by atoms with Crippen LogP contribution in [0.5, 0.6) is 0 Å². The monoisotopic (exact) mass is 246 g/mol. The van der Waals surface area contributed by atoms with Crippen LogP contribution in [0.25, 0.3) is 0 Å². The third-order valence-corrected chi connectivity index (χ3v) is 2.43. The second-order valence-corrected chi connectivity index (χ2v) is 3.70. The number of hydrogen-bond acceptors (Lipinski definition) is 4. The third kappa shape index (κ3) is 2.92. The number of ether oxygens (including phenoxy) is 1. The second-order valence-electron chi connectivity index (χ2n) is 3.70. The van der Waals surface area contributed by atoms with E-state index in [9.17, 15) is 4.79 Å². The van der Waals surface area contributed by atoms with Crippen LogP contribution in [0, 0.1) is 0 Å². The molecule has 0 fully saturated rings. The van der Waals surface area contributed by atoms with Crippen LogP contribution >= 0.6 is 0 Å². The van der Waals surface area contributed by atoms with Gasteiger partial charge in [-0.25, -0.2) is 4.98 Å². The number of amides is 1. The molecule has 0 aromatic carbocycles. The van der Waals surface area contributed by atoms with Gasteiger partial charge in [0.15, 0.2) is 0 Å². The fourth-order valence-corrected chi connectivity index (χ4v) is 1.57. The maximum Gasteiger partial charge on any atom is 0.269 e. The number of carbonyl (C=O) groups is 1. The average molecular weight is 246 g/mol. The van der Waals surface area contributed by atoms with Crippen molar-refractivity contribution in [3.8, 4) is 0 Å². The van der Waals surface area contributed by atoms with Gasteiger partial charge in [0.2, 0.25) is 0 Å². The van der Waals surface area contributed by atoms with Gasteiger partial charge in [0, 0.05) is 13.3 Å². The van der Waals surface area contributed by atoms with Gasteiger partial charge in [-0.3, -0.25) is 9.78 Å². The van der Waals surface area contributed by atoms with Crippen LogP contribution in [0.3, 0.4) is 0 Å². The first-order valence-electron chi connectivity index (χ1n) is 5.50. The molecule has 0 saturated heterocycles. The Kier molecular flexibility index (Phi) is 4.03. The highest BCUT2D eigenvalue weighted by molar-refractivity contribution is 5.92. The van der Waals surface area contributed by atoms with Crippen molar-refractivity contribution in [1.29, 1.82) is 0 Å². The quantitative estimate of drug-likeness (QED) is 0.822. The van der Waals surface area contributed by atoms with E-state index >= 15 is 0 Å². The Morgan fingerprint density at radius 1 is 1.56 bits per heavy atom. The summed E-state index contributed by atoms with van der Waals surface area (Å²) in [5, 5.41) is 2.84. The van der Waals surface area contributed by atoms with Crippen molar-refractivity contribution in [3.63, 3.8) is 0 Å². The predicted octanol–water partition coefficient (Wildman–Crippen LogP) is 0.922. The molecule has 6 nitrogen and oxygen atoms in total. The average Bonchev–Trinajstić information content (AvgIpc) is 2.93. The van der Waals surface area contributed by atoms with Crippen molar-refractivity contribution in [2.45, 2.75) is 6.04 Å². The summed E-state index contributed by atoms with van der Waals surface area (Å²) >= 11 is 0.